The van der Waals surface area contributed by atoms with Crippen LogP contribution in [-0.2, 0) is 6.42 Å². The molecule has 2 aromatic heterocycles. The molecule has 0 aliphatic rings. The van der Waals surface area contributed by atoms with E-state index in [9.17, 15) is 0 Å². The van der Waals surface area contributed by atoms with Crippen molar-refractivity contribution in [3.05, 3.63) is 71.3 Å². The molecule has 0 spiro atoms. The Morgan fingerprint density at radius 2 is 2.04 bits per heavy atom. The number of pyridine rings is 1. The third-order valence-corrected chi connectivity index (χ3v) is 4.16. The molecule has 0 atom stereocenters. The fourth-order valence-corrected chi connectivity index (χ4v) is 3.05. The molecule has 0 saturated carbocycles. The van der Waals surface area contributed by atoms with Crippen molar-refractivity contribution in [3.8, 4) is 17.0 Å². The standard InChI is InChI=1S/C18H17N3OS/c1-2-9-22-17-4-3-13(10-15(17)19)11-18-21-16(12-23-18)14-5-7-20-8-6-14/h2-8,10,12H,1,9,11,19H2. The maximum Gasteiger partial charge on any atom is 0.142 e. The first kappa shape index (κ1) is 15.2. The number of hydrogen-bond acceptors (Lipinski definition) is 5. The van der Waals surface area contributed by atoms with Crippen LogP contribution < -0.4 is 10.5 Å². The number of hydrogen-bond donors (Lipinski definition) is 1. The molecular formula is C18H17N3OS. The average Bonchev–Trinajstić information content (AvgIpc) is 3.03. The number of nitrogens with zero attached hydrogens (tertiary/aromatic N) is 2. The third kappa shape index (κ3) is 3.76. The van der Waals surface area contributed by atoms with Crippen LogP contribution in [0.1, 0.15) is 10.6 Å². The van der Waals surface area contributed by atoms with Crippen molar-refractivity contribution in [2.24, 2.45) is 0 Å². The number of ether oxygens (including phenoxy) is 1. The summed E-state index contributed by atoms with van der Waals surface area (Å²) in [5.74, 6) is 0.685. The molecule has 0 fully saturated rings. The van der Waals surface area contributed by atoms with E-state index in [4.69, 9.17) is 10.5 Å². The fraction of sp³-hybridized carbons (Fsp3) is 0.111. The number of rotatable bonds is 6. The van der Waals surface area contributed by atoms with Gasteiger partial charge in [0, 0.05) is 29.8 Å². The van der Waals surface area contributed by atoms with Gasteiger partial charge in [-0.25, -0.2) is 4.98 Å². The summed E-state index contributed by atoms with van der Waals surface area (Å²) in [6.07, 6.45) is 6.00. The van der Waals surface area contributed by atoms with Gasteiger partial charge < -0.3 is 10.5 Å². The number of nitrogens with two attached hydrogens (primary N) is 1. The molecule has 4 nitrogen and oxygen atoms in total. The molecule has 0 saturated heterocycles. The van der Waals surface area contributed by atoms with Crippen molar-refractivity contribution in [3.63, 3.8) is 0 Å². The lowest BCUT2D eigenvalue weighted by Gasteiger charge is -2.08. The minimum absolute atomic E-state index is 0.450. The second kappa shape index (κ2) is 7.07. The molecule has 23 heavy (non-hydrogen) atoms. The number of thiazole rings is 1. The van der Waals surface area contributed by atoms with Crippen LogP contribution in [-0.4, -0.2) is 16.6 Å². The predicted octanol–water partition coefficient (Wildman–Crippen LogP) is 3.94. The van der Waals surface area contributed by atoms with E-state index in [1.807, 2.05) is 30.3 Å². The second-order valence-corrected chi connectivity index (χ2v) is 5.95. The minimum Gasteiger partial charge on any atom is -0.487 e. The Kier molecular flexibility index (Phi) is 4.68. The van der Waals surface area contributed by atoms with Gasteiger partial charge in [-0.3, -0.25) is 4.98 Å². The molecule has 3 rings (SSSR count). The number of benzene rings is 1. The van der Waals surface area contributed by atoms with E-state index >= 15 is 0 Å². The largest absolute Gasteiger partial charge is 0.487 e. The lowest BCUT2D eigenvalue weighted by Crippen LogP contribution is -1.99. The van der Waals surface area contributed by atoms with Gasteiger partial charge >= 0.3 is 0 Å². The number of aromatic nitrogens is 2. The summed E-state index contributed by atoms with van der Waals surface area (Å²) in [6.45, 7) is 4.08. The zero-order chi connectivity index (χ0) is 16.1. The van der Waals surface area contributed by atoms with E-state index in [1.165, 1.54) is 0 Å². The van der Waals surface area contributed by atoms with Crippen molar-refractivity contribution in [2.75, 3.05) is 12.3 Å². The van der Waals surface area contributed by atoms with Crippen LogP contribution in [0.15, 0.2) is 60.8 Å². The zero-order valence-electron chi connectivity index (χ0n) is 12.6. The van der Waals surface area contributed by atoms with Crippen molar-refractivity contribution < 1.29 is 4.74 Å². The summed E-state index contributed by atoms with van der Waals surface area (Å²) in [5, 5.41) is 3.12. The predicted molar refractivity (Wildman–Crippen MR) is 94.7 cm³/mol. The number of anilines is 1. The average molecular weight is 323 g/mol. The highest BCUT2D eigenvalue weighted by molar-refractivity contribution is 7.10. The summed E-state index contributed by atoms with van der Waals surface area (Å²) in [6, 6.07) is 9.77. The van der Waals surface area contributed by atoms with Gasteiger partial charge in [0.1, 0.15) is 12.4 Å². The quantitative estimate of drug-likeness (QED) is 0.551. The van der Waals surface area contributed by atoms with E-state index in [2.05, 4.69) is 21.9 Å². The lowest BCUT2D eigenvalue weighted by atomic mass is 10.1. The second-order valence-electron chi connectivity index (χ2n) is 5.01. The molecule has 116 valence electrons. The first-order chi connectivity index (χ1) is 11.3. The SMILES string of the molecule is C=CCOc1ccc(Cc2nc(-c3ccncc3)cs2)cc1N. The maximum absolute atomic E-state index is 6.03. The molecule has 0 aliphatic carbocycles. The Labute approximate surface area is 139 Å². The van der Waals surface area contributed by atoms with E-state index < -0.39 is 0 Å². The van der Waals surface area contributed by atoms with Crippen LogP contribution in [0.5, 0.6) is 5.75 Å². The van der Waals surface area contributed by atoms with Crippen molar-refractivity contribution in [1.82, 2.24) is 9.97 Å². The normalized spacial score (nSPS) is 10.4. The van der Waals surface area contributed by atoms with Gasteiger partial charge in [0.2, 0.25) is 0 Å². The van der Waals surface area contributed by atoms with Gasteiger partial charge in [-0.15, -0.1) is 11.3 Å². The summed E-state index contributed by atoms with van der Waals surface area (Å²) < 4.78 is 5.49. The molecule has 2 heterocycles. The van der Waals surface area contributed by atoms with E-state index in [-0.39, 0.29) is 0 Å². The van der Waals surface area contributed by atoms with Crippen molar-refractivity contribution in [2.45, 2.75) is 6.42 Å². The molecule has 1 aromatic carbocycles. The molecule has 2 N–H and O–H groups in total. The Balaban J connectivity index is 1.74. The van der Waals surface area contributed by atoms with Gasteiger partial charge in [0.15, 0.2) is 0 Å². The van der Waals surface area contributed by atoms with Crippen LogP contribution in [0.25, 0.3) is 11.3 Å². The molecule has 0 aliphatic heterocycles. The van der Waals surface area contributed by atoms with Crippen LogP contribution >= 0.6 is 11.3 Å². The molecule has 0 radical (unpaired) electrons. The smallest absolute Gasteiger partial charge is 0.142 e. The maximum atomic E-state index is 6.03. The van der Waals surface area contributed by atoms with E-state index in [0.717, 1.165) is 28.2 Å². The summed E-state index contributed by atoms with van der Waals surface area (Å²) in [7, 11) is 0. The lowest BCUT2D eigenvalue weighted by molar-refractivity contribution is 0.365. The van der Waals surface area contributed by atoms with Gasteiger partial charge in [-0.1, -0.05) is 18.7 Å². The van der Waals surface area contributed by atoms with Gasteiger partial charge in [-0.2, -0.15) is 0 Å². The van der Waals surface area contributed by atoms with Crippen molar-refractivity contribution >= 4 is 17.0 Å². The molecule has 5 heteroatoms. The first-order valence-electron chi connectivity index (χ1n) is 7.23. The highest BCUT2D eigenvalue weighted by Gasteiger charge is 2.07. The van der Waals surface area contributed by atoms with E-state index in [0.29, 0.717) is 18.0 Å². The summed E-state index contributed by atoms with van der Waals surface area (Å²) >= 11 is 1.65. The summed E-state index contributed by atoms with van der Waals surface area (Å²) in [4.78, 5) is 8.71. The zero-order valence-corrected chi connectivity index (χ0v) is 13.4. The molecular weight excluding hydrogens is 306 g/mol. The van der Waals surface area contributed by atoms with Crippen molar-refractivity contribution in [1.29, 1.82) is 0 Å². The minimum atomic E-state index is 0.450. The van der Waals surface area contributed by atoms with Crippen LogP contribution in [0.3, 0.4) is 0 Å². The highest BCUT2D eigenvalue weighted by atomic mass is 32.1. The number of nitrogen functional groups attached to an aromatic ring is 1. The van der Waals surface area contributed by atoms with Gasteiger partial charge in [0.25, 0.3) is 0 Å². The topological polar surface area (TPSA) is 61.0 Å². The molecule has 3 aromatic rings. The first-order valence-corrected chi connectivity index (χ1v) is 8.11. The Morgan fingerprint density at radius 1 is 1.22 bits per heavy atom. The van der Waals surface area contributed by atoms with Crippen LogP contribution in [0.2, 0.25) is 0 Å². The molecule has 0 bridgehead atoms. The monoisotopic (exact) mass is 323 g/mol. The van der Waals surface area contributed by atoms with Gasteiger partial charge in [0.05, 0.1) is 16.4 Å². The summed E-state index contributed by atoms with van der Waals surface area (Å²) in [5.41, 5.74) is 9.84. The Hall–Kier alpha value is -2.66. The van der Waals surface area contributed by atoms with Crippen LogP contribution in [0, 0.1) is 0 Å². The Bertz CT molecular complexity index is 799. The molecule has 0 unspecified atom stereocenters. The van der Waals surface area contributed by atoms with Gasteiger partial charge in [-0.05, 0) is 29.8 Å². The Morgan fingerprint density at radius 3 is 2.78 bits per heavy atom. The molecule has 0 amide bonds. The van der Waals surface area contributed by atoms with E-state index in [1.54, 1.807) is 29.8 Å². The van der Waals surface area contributed by atoms with Crippen LogP contribution in [0.4, 0.5) is 5.69 Å². The third-order valence-electron chi connectivity index (χ3n) is 3.31. The highest BCUT2D eigenvalue weighted by Crippen LogP contribution is 2.26. The fourth-order valence-electron chi connectivity index (χ4n) is 2.21.